The number of aryl methyl sites for hydroxylation is 1. The summed E-state index contributed by atoms with van der Waals surface area (Å²) in [6, 6.07) is 18.3. The lowest BCUT2D eigenvalue weighted by atomic mass is 10.0. The Balaban J connectivity index is 1.87. The number of nitrogens with one attached hydrogen (secondary N) is 1. The van der Waals surface area contributed by atoms with Crippen LogP contribution in [0.5, 0.6) is 0 Å². The lowest BCUT2D eigenvalue weighted by Crippen LogP contribution is -2.15. The quantitative estimate of drug-likeness (QED) is 0.507. The summed E-state index contributed by atoms with van der Waals surface area (Å²) in [7, 11) is 0. The Morgan fingerprint density at radius 1 is 0.966 bits per heavy atom. The molecular formula is C24H18FNO3. The van der Waals surface area contributed by atoms with Crippen LogP contribution in [0, 0.1) is 19.7 Å². The van der Waals surface area contributed by atoms with Crippen molar-refractivity contribution in [2.75, 3.05) is 5.32 Å². The summed E-state index contributed by atoms with van der Waals surface area (Å²) in [5.41, 5.74) is 2.53. The van der Waals surface area contributed by atoms with Gasteiger partial charge in [0.2, 0.25) is 0 Å². The number of fused-ring (bicyclic) bond motifs is 1. The number of para-hydroxylation sites is 1. The van der Waals surface area contributed by atoms with E-state index < -0.39 is 11.7 Å². The van der Waals surface area contributed by atoms with Crippen molar-refractivity contribution in [2.24, 2.45) is 0 Å². The highest BCUT2D eigenvalue weighted by molar-refractivity contribution is 6.11. The van der Waals surface area contributed by atoms with E-state index in [0.29, 0.717) is 22.4 Å². The van der Waals surface area contributed by atoms with Crippen LogP contribution in [0.3, 0.4) is 0 Å². The van der Waals surface area contributed by atoms with E-state index in [2.05, 4.69) is 5.32 Å². The molecule has 0 unspecified atom stereocenters. The van der Waals surface area contributed by atoms with Crippen molar-refractivity contribution < 1.29 is 13.6 Å². The molecule has 1 aromatic heterocycles. The summed E-state index contributed by atoms with van der Waals surface area (Å²) in [5, 5.41) is 3.04. The molecule has 0 saturated carbocycles. The van der Waals surface area contributed by atoms with E-state index in [1.54, 1.807) is 38.1 Å². The first-order valence-corrected chi connectivity index (χ1v) is 9.15. The number of halogens is 1. The Morgan fingerprint density at radius 3 is 2.48 bits per heavy atom. The summed E-state index contributed by atoms with van der Waals surface area (Å²) >= 11 is 0. The second-order valence-electron chi connectivity index (χ2n) is 6.85. The van der Waals surface area contributed by atoms with E-state index in [0.717, 1.165) is 11.1 Å². The smallest absolute Gasteiger partial charge is 0.259 e. The van der Waals surface area contributed by atoms with Crippen LogP contribution in [0.1, 0.15) is 21.5 Å². The minimum atomic E-state index is -0.477. The van der Waals surface area contributed by atoms with Crippen molar-refractivity contribution in [3.63, 3.8) is 0 Å². The molecule has 1 N–H and O–H groups in total. The number of carbonyl (C=O) groups excluding carboxylic acids is 1. The zero-order valence-corrected chi connectivity index (χ0v) is 16.0. The second kappa shape index (κ2) is 7.36. The maximum Gasteiger partial charge on any atom is 0.259 e. The zero-order valence-electron chi connectivity index (χ0n) is 16.0. The molecule has 0 fully saturated rings. The van der Waals surface area contributed by atoms with Gasteiger partial charge in [-0.15, -0.1) is 0 Å². The second-order valence-corrected chi connectivity index (χ2v) is 6.85. The van der Waals surface area contributed by atoms with Gasteiger partial charge in [-0.3, -0.25) is 9.59 Å². The molecular weight excluding hydrogens is 369 g/mol. The standard InChI is InChI=1S/C24H18FNO3/c1-14-11-12-17(25)13-20(14)26-24(28)19-10-6-9-18-21(27)15(2)22(29-23(18)19)16-7-4-3-5-8-16/h3-13H,1-2H3,(H,26,28). The van der Waals surface area contributed by atoms with Crippen molar-refractivity contribution >= 4 is 22.6 Å². The number of benzene rings is 3. The largest absolute Gasteiger partial charge is 0.455 e. The summed E-state index contributed by atoms with van der Waals surface area (Å²) in [5.74, 6) is -0.502. The number of hydrogen-bond donors (Lipinski definition) is 1. The number of carbonyl (C=O) groups is 1. The molecule has 5 heteroatoms. The highest BCUT2D eigenvalue weighted by Crippen LogP contribution is 2.28. The van der Waals surface area contributed by atoms with Gasteiger partial charge in [-0.2, -0.15) is 0 Å². The fourth-order valence-electron chi connectivity index (χ4n) is 3.27. The third-order valence-electron chi connectivity index (χ3n) is 4.87. The maximum atomic E-state index is 13.6. The van der Waals surface area contributed by atoms with E-state index in [9.17, 15) is 14.0 Å². The van der Waals surface area contributed by atoms with Gasteiger partial charge >= 0.3 is 0 Å². The fourth-order valence-corrected chi connectivity index (χ4v) is 3.27. The van der Waals surface area contributed by atoms with Gasteiger partial charge in [0.1, 0.15) is 11.6 Å². The van der Waals surface area contributed by atoms with Crippen molar-refractivity contribution in [1.29, 1.82) is 0 Å². The monoisotopic (exact) mass is 387 g/mol. The summed E-state index contributed by atoms with van der Waals surface area (Å²) in [4.78, 5) is 25.9. The first kappa shape index (κ1) is 18.6. The molecule has 144 valence electrons. The van der Waals surface area contributed by atoms with Gasteiger partial charge < -0.3 is 9.73 Å². The third-order valence-corrected chi connectivity index (χ3v) is 4.87. The molecule has 3 aromatic carbocycles. The Morgan fingerprint density at radius 2 is 1.72 bits per heavy atom. The highest BCUT2D eigenvalue weighted by atomic mass is 19.1. The van der Waals surface area contributed by atoms with Crippen LogP contribution in [0.2, 0.25) is 0 Å². The molecule has 0 bridgehead atoms. The van der Waals surface area contributed by atoms with E-state index >= 15 is 0 Å². The van der Waals surface area contributed by atoms with Gasteiger partial charge in [0.25, 0.3) is 5.91 Å². The highest BCUT2D eigenvalue weighted by Gasteiger charge is 2.19. The lowest BCUT2D eigenvalue weighted by Gasteiger charge is -2.12. The molecule has 0 spiro atoms. The van der Waals surface area contributed by atoms with Gasteiger partial charge in [0.05, 0.1) is 10.9 Å². The predicted octanol–water partition coefficient (Wildman–Crippen LogP) is 5.47. The summed E-state index contributed by atoms with van der Waals surface area (Å²) in [6.07, 6.45) is 0. The normalized spacial score (nSPS) is 10.9. The van der Waals surface area contributed by atoms with E-state index in [1.165, 1.54) is 12.1 Å². The molecule has 0 aliphatic carbocycles. The first-order valence-electron chi connectivity index (χ1n) is 9.15. The molecule has 4 nitrogen and oxygen atoms in total. The van der Waals surface area contributed by atoms with Crippen molar-refractivity contribution in [3.8, 4) is 11.3 Å². The minimum Gasteiger partial charge on any atom is -0.455 e. The van der Waals surface area contributed by atoms with Crippen LogP contribution < -0.4 is 10.7 Å². The van der Waals surface area contributed by atoms with Crippen LogP contribution in [0.15, 0.2) is 75.9 Å². The third kappa shape index (κ3) is 3.43. The van der Waals surface area contributed by atoms with Gasteiger partial charge in [0, 0.05) is 16.8 Å². The maximum absolute atomic E-state index is 13.6. The molecule has 4 rings (SSSR count). The Labute approximate surface area is 166 Å². The Hall–Kier alpha value is -3.73. The van der Waals surface area contributed by atoms with Crippen LogP contribution in [0.4, 0.5) is 10.1 Å². The number of hydrogen-bond acceptors (Lipinski definition) is 3. The van der Waals surface area contributed by atoms with Crippen LogP contribution in [0.25, 0.3) is 22.3 Å². The van der Waals surface area contributed by atoms with E-state index in [1.807, 2.05) is 30.3 Å². The van der Waals surface area contributed by atoms with Crippen LogP contribution >= 0.6 is 0 Å². The minimum absolute atomic E-state index is 0.193. The van der Waals surface area contributed by atoms with Gasteiger partial charge in [-0.1, -0.05) is 42.5 Å². The molecule has 0 saturated heterocycles. The average molecular weight is 387 g/mol. The SMILES string of the molecule is Cc1ccc(F)cc1NC(=O)c1cccc2c(=O)c(C)c(-c3ccccc3)oc12. The molecule has 0 aliphatic rings. The first-order chi connectivity index (χ1) is 14.0. The van der Waals surface area contributed by atoms with Crippen LogP contribution in [-0.2, 0) is 0 Å². The molecule has 29 heavy (non-hydrogen) atoms. The zero-order chi connectivity index (χ0) is 20.5. The molecule has 0 aliphatic heterocycles. The van der Waals surface area contributed by atoms with E-state index in [4.69, 9.17) is 4.42 Å². The predicted molar refractivity (Wildman–Crippen MR) is 112 cm³/mol. The molecule has 4 aromatic rings. The van der Waals surface area contributed by atoms with Gasteiger partial charge in [-0.25, -0.2) is 4.39 Å². The molecule has 0 radical (unpaired) electrons. The average Bonchev–Trinajstić information content (AvgIpc) is 2.73. The van der Waals surface area contributed by atoms with Crippen molar-refractivity contribution in [3.05, 3.63) is 99.5 Å². The van der Waals surface area contributed by atoms with Gasteiger partial charge in [0.15, 0.2) is 11.0 Å². The Kier molecular flexibility index (Phi) is 4.72. The summed E-state index contributed by atoms with van der Waals surface area (Å²) < 4.78 is 19.6. The number of amides is 1. The lowest BCUT2D eigenvalue weighted by molar-refractivity contribution is 0.102. The van der Waals surface area contributed by atoms with Crippen molar-refractivity contribution in [1.82, 2.24) is 0 Å². The fraction of sp³-hybridized carbons (Fsp3) is 0.0833. The van der Waals surface area contributed by atoms with Crippen LogP contribution in [-0.4, -0.2) is 5.91 Å². The molecule has 1 amide bonds. The summed E-state index contributed by atoms with van der Waals surface area (Å²) in [6.45, 7) is 3.48. The van der Waals surface area contributed by atoms with Crippen molar-refractivity contribution in [2.45, 2.75) is 13.8 Å². The van der Waals surface area contributed by atoms with E-state index in [-0.39, 0.29) is 16.6 Å². The molecule has 1 heterocycles. The molecule has 0 atom stereocenters. The number of rotatable bonds is 3. The van der Waals surface area contributed by atoms with Gasteiger partial charge in [-0.05, 0) is 43.7 Å². The Bertz CT molecular complexity index is 1290. The topological polar surface area (TPSA) is 59.3 Å². The number of anilines is 1.